The lowest BCUT2D eigenvalue weighted by molar-refractivity contribution is -0.870. The molecule has 0 bridgehead atoms. The Hall–Kier alpha value is -2.06. The molecule has 8 nitrogen and oxygen atoms in total. The van der Waals surface area contributed by atoms with E-state index < -0.39 is 26.6 Å². The van der Waals surface area contributed by atoms with Crippen molar-refractivity contribution in [3.63, 3.8) is 0 Å². The lowest BCUT2D eigenvalue weighted by atomic mass is 10.0. The third-order valence-electron chi connectivity index (χ3n) is 13.9. The number of aliphatic hydroxyl groups excluding tert-OH is 1. The van der Waals surface area contributed by atoms with Crippen LogP contribution in [0.2, 0.25) is 0 Å². The Labute approximate surface area is 459 Å². The molecular weight excluding hydrogens is 936 g/mol. The second-order valence-electron chi connectivity index (χ2n) is 22.4. The summed E-state index contributed by atoms with van der Waals surface area (Å²) >= 11 is 0. The monoisotopic (exact) mass is 1060 g/mol. The molecule has 0 spiro atoms. The van der Waals surface area contributed by atoms with E-state index in [1.165, 1.54) is 205 Å². The van der Waals surface area contributed by atoms with Gasteiger partial charge in [0.15, 0.2) is 0 Å². The lowest BCUT2D eigenvalue weighted by Crippen LogP contribution is -2.45. The van der Waals surface area contributed by atoms with Gasteiger partial charge in [-0.25, -0.2) is 0 Å². The van der Waals surface area contributed by atoms with Crippen LogP contribution in [0.15, 0.2) is 72.9 Å². The first kappa shape index (κ1) is 71.9. The summed E-state index contributed by atoms with van der Waals surface area (Å²) in [7, 11) is 1.23. The van der Waals surface area contributed by atoms with Crippen LogP contribution in [0.25, 0.3) is 0 Å². The van der Waals surface area contributed by atoms with Crippen LogP contribution in [0.5, 0.6) is 0 Å². The molecule has 432 valence electrons. The van der Waals surface area contributed by atoms with E-state index in [0.29, 0.717) is 17.4 Å². The average Bonchev–Trinajstić information content (AvgIpc) is 3.36. The van der Waals surface area contributed by atoms with Crippen LogP contribution in [0.1, 0.15) is 284 Å². The summed E-state index contributed by atoms with van der Waals surface area (Å²) in [5, 5.41) is 13.9. The summed E-state index contributed by atoms with van der Waals surface area (Å²) in [5.41, 5.74) is 0. The molecule has 0 radical (unpaired) electrons. The van der Waals surface area contributed by atoms with Crippen molar-refractivity contribution in [3.8, 4) is 0 Å². The summed E-state index contributed by atoms with van der Waals surface area (Å²) in [4.78, 5) is 25.5. The van der Waals surface area contributed by atoms with Crippen molar-refractivity contribution in [2.24, 2.45) is 0 Å². The molecule has 0 aromatic heterocycles. The minimum absolute atomic E-state index is 0.0123. The number of carbonyl (C=O) groups excluding carboxylic acids is 1. The second kappa shape index (κ2) is 55.7. The Morgan fingerprint density at radius 3 is 1.19 bits per heavy atom. The highest BCUT2D eigenvalue weighted by molar-refractivity contribution is 7.45. The number of nitrogens with zero attached hydrogens (tertiary/aromatic N) is 1. The molecule has 0 aliphatic carbocycles. The van der Waals surface area contributed by atoms with E-state index in [4.69, 9.17) is 9.05 Å². The molecule has 0 fully saturated rings. The molecule has 0 aromatic carbocycles. The van der Waals surface area contributed by atoms with Crippen LogP contribution >= 0.6 is 7.82 Å². The van der Waals surface area contributed by atoms with Gasteiger partial charge in [0, 0.05) is 6.42 Å². The SMILES string of the molecule is CCCCCCC/C=C\C/C=C\C/C=C\CCCCCCCCCCCCC(=O)NC(COP(=O)([O-])OCC[N+](C)(C)C)C(O)/C=C/CC/C=C/CC/C=C/CCCCCCCCCCCCCCCCCCC. The normalized spacial score (nSPS) is 14.3. The Balaban J connectivity index is 4.25. The van der Waals surface area contributed by atoms with Crippen molar-refractivity contribution >= 4 is 13.7 Å². The van der Waals surface area contributed by atoms with E-state index in [1.807, 2.05) is 27.2 Å². The van der Waals surface area contributed by atoms with Crippen molar-refractivity contribution in [3.05, 3.63) is 72.9 Å². The van der Waals surface area contributed by atoms with Gasteiger partial charge >= 0.3 is 0 Å². The Bertz CT molecular complexity index is 1430. The smallest absolute Gasteiger partial charge is 0.268 e. The first-order chi connectivity index (χ1) is 36.0. The van der Waals surface area contributed by atoms with Crippen LogP contribution in [0, 0.1) is 0 Å². The van der Waals surface area contributed by atoms with Crippen molar-refractivity contribution < 1.29 is 32.9 Å². The zero-order valence-corrected chi connectivity index (χ0v) is 50.2. The molecule has 3 atom stereocenters. The van der Waals surface area contributed by atoms with Crippen LogP contribution in [0.4, 0.5) is 0 Å². The van der Waals surface area contributed by atoms with E-state index in [0.717, 1.165) is 57.8 Å². The maximum absolute atomic E-state index is 13.0. The molecule has 1 amide bonds. The third-order valence-corrected chi connectivity index (χ3v) is 14.8. The minimum Gasteiger partial charge on any atom is -0.756 e. The third kappa shape index (κ3) is 57.6. The number of carbonyl (C=O) groups is 1. The van der Waals surface area contributed by atoms with E-state index in [1.54, 1.807) is 6.08 Å². The van der Waals surface area contributed by atoms with Crippen LogP contribution < -0.4 is 10.2 Å². The predicted octanol–water partition coefficient (Wildman–Crippen LogP) is 18.8. The predicted molar refractivity (Wildman–Crippen MR) is 320 cm³/mol. The number of aliphatic hydroxyl groups is 1. The standard InChI is InChI=1S/C65H121N2O6P/c1-6-8-10-12-14-16-18-20-22-24-26-28-30-32-33-35-36-38-40-42-44-46-48-50-52-54-56-58-64(68)63(62-73-74(70,71)72-61-60-67(3,4)5)66-65(69)59-57-55-53-51-49-47-45-43-41-39-37-34-31-29-27-25-23-21-19-17-15-13-11-9-7-2/h19,21,25,27,31,34,40,42,48,50,56,58,63-64,68H,6-18,20,22-24,26,28-30,32-33,35-39,41,43-47,49,51-55,57,59-62H2,1-5H3,(H-,66,69,70,71)/b21-19-,27-25-,34-31-,42-40+,50-48+,58-56+. The van der Waals surface area contributed by atoms with Crippen molar-refractivity contribution in [1.29, 1.82) is 0 Å². The molecule has 0 rings (SSSR count). The fourth-order valence-corrected chi connectivity index (χ4v) is 9.68. The Kier molecular flexibility index (Phi) is 54.1. The lowest BCUT2D eigenvalue weighted by Gasteiger charge is -2.29. The Morgan fingerprint density at radius 1 is 0.473 bits per heavy atom. The van der Waals surface area contributed by atoms with Gasteiger partial charge in [0.1, 0.15) is 13.2 Å². The summed E-state index contributed by atoms with van der Waals surface area (Å²) in [6.45, 7) is 4.63. The summed E-state index contributed by atoms with van der Waals surface area (Å²) in [6, 6.07) is -0.917. The van der Waals surface area contributed by atoms with Gasteiger partial charge in [-0.2, -0.15) is 0 Å². The largest absolute Gasteiger partial charge is 0.756 e. The van der Waals surface area contributed by atoms with Crippen molar-refractivity contribution in [2.45, 2.75) is 296 Å². The molecule has 0 saturated heterocycles. The van der Waals surface area contributed by atoms with Crippen LogP contribution in [-0.4, -0.2) is 68.5 Å². The minimum atomic E-state index is -4.62. The van der Waals surface area contributed by atoms with Crippen molar-refractivity contribution in [1.82, 2.24) is 5.32 Å². The highest BCUT2D eigenvalue weighted by Crippen LogP contribution is 2.38. The van der Waals surface area contributed by atoms with Gasteiger partial charge in [-0.15, -0.1) is 0 Å². The molecule has 74 heavy (non-hydrogen) atoms. The fourth-order valence-electron chi connectivity index (χ4n) is 8.96. The van der Waals surface area contributed by atoms with Gasteiger partial charge in [0.05, 0.1) is 39.9 Å². The molecule has 9 heteroatoms. The number of hydrogen-bond donors (Lipinski definition) is 2. The molecule has 0 aromatic rings. The van der Waals surface area contributed by atoms with Crippen molar-refractivity contribution in [2.75, 3.05) is 40.9 Å². The van der Waals surface area contributed by atoms with Gasteiger partial charge in [-0.05, 0) is 83.5 Å². The quantitative estimate of drug-likeness (QED) is 0.0272. The number of hydrogen-bond acceptors (Lipinski definition) is 6. The first-order valence-corrected chi connectivity index (χ1v) is 32.8. The highest BCUT2D eigenvalue weighted by atomic mass is 31.2. The summed E-state index contributed by atoms with van der Waals surface area (Å²) in [6.07, 6.45) is 77.1. The van der Waals surface area contributed by atoms with Crippen LogP contribution in [-0.2, 0) is 18.4 Å². The van der Waals surface area contributed by atoms with Gasteiger partial charge in [-0.3, -0.25) is 9.36 Å². The molecule has 3 unspecified atom stereocenters. The van der Waals surface area contributed by atoms with E-state index >= 15 is 0 Å². The number of amides is 1. The summed E-state index contributed by atoms with van der Waals surface area (Å²) < 4.78 is 23.4. The molecule has 2 N–H and O–H groups in total. The maximum atomic E-state index is 13.0. The number of quaternary nitrogens is 1. The van der Waals surface area contributed by atoms with Gasteiger partial charge in [0.2, 0.25) is 5.91 Å². The first-order valence-electron chi connectivity index (χ1n) is 31.3. The topological polar surface area (TPSA) is 108 Å². The number of phosphoric acid groups is 1. The number of unbranched alkanes of at least 4 members (excludes halogenated alkanes) is 34. The van der Waals surface area contributed by atoms with E-state index in [2.05, 4.69) is 79.9 Å². The molecular formula is C65H121N2O6P. The van der Waals surface area contributed by atoms with Crippen LogP contribution in [0.3, 0.4) is 0 Å². The molecule has 0 heterocycles. The van der Waals surface area contributed by atoms with Gasteiger partial charge in [0.25, 0.3) is 7.82 Å². The van der Waals surface area contributed by atoms with E-state index in [-0.39, 0.29) is 12.5 Å². The number of phosphoric ester groups is 1. The van der Waals surface area contributed by atoms with Gasteiger partial charge in [-0.1, -0.05) is 267 Å². The number of rotatable bonds is 57. The fraction of sp³-hybridized carbons (Fsp3) is 0.800. The molecule has 0 aliphatic rings. The zero-order chi connectivity index (χ0) is 54.2. The number of allylic oxidation sites excluding steroid dienone is 11. The maximum Gasteiger partial charge on any atom is 0.268 e. The summed E-state index contributed by atoms with van der Waals surface area (Å²) in [5.74, 6) is -0.215. The van der Waals surface area contributed by atoms with E-state index in [9.17, 15) is 19.4 Å². The zero-order valence-electron chi connectivity index (χ0n) is 49.3. The second-order valence-corrected chi connectivity index (χ2v) is 23.8. The number of nitrogens with one attached hydrogen (secondary N) is 1. The number of likely N-dealkylation sites (N-methyl/N-ethyl adjacent to an activating group) is 1. The Morgan fingerprint density at radius 2 is 0.797 bits per heavy atom. The average molecular weight is 1060 g/mol. The molecule has 0 saturated carbocycles. The van der Waals surface area contributed by atoms with Gasteiger partial charge < -0.3 is 28.8 Å². The molecule has 0 aliphatic heterocycles. The highest BCUT2D eigenvalue weighted by Gasteiger charge is 2.23.